The van der Waals surface area contributed by atoms with Gasteiger partial charge in [-0.05, 0) is 99.8 Å². The number of hydrogen-bond acceptors (Lipinski definition) is 4. The van der Waals surface area contributed by atoms with Gasteiger partial charge in [-0.1, -0.05) is 109 Å². The standard InChI is InChI=1S/C47H30N2O2/c1-3-10-31(11-4-1)33-18-22-37(23-19-33)49(38-24-20-32-12-7-8-15-35(32)28-38)39-25-26-41-45(30-39)50-44-17-9-16-40(46(41)44)36-21-27-43-42(29-36)48-47(51-43)34-13-5-2-6-14-34/h1-30H. The van der Waals surface area contributed by atoms with Crippen molar-refractivity contribution in [3.63, 3.8) is 0 Å². The summed E-state index contributed by atoms with van der Waals surface area (Å²) in [6, 6.07) is 63.4. The molecule has 0 spiro atoms. The third-order valence-corrected chi connectivity index (χ3v) is 9.68. The third kappa shape index (κ3) is 5.13. The molecule has 2 aromatic heterocycles. The first-order valence-electron chi connectivity index (χ1n) is 17.1. The van der Waals surface area contributed by atoms with Gasteiger partial charge in [0.15, 0.2) is 5.58 Å². The number of aromatic nitrogens is 1. The Hall–Kier alpha value is -6.91. The van der Waals surface area contributed by atoms with Gasteiger partial charge in [0.25, 0.3) is 0 Å². The van der Waals surface area contributed by atoms with Crippen molar-refractivity contribution < 1.29 is 8.83 Å². The fourth-order valence-electron chi connectivity index (χ4n) is 7.19. The molecule has 240 valence electrons. The van der Waals surface area contributed by atoms with Crippen LogP contribution in [0.25, 0.3) is 77.5 Å². The summed E-state index contributed by atoms with van der Waals surface area (Å²) in [7, 11) is 0. The maximum absolute atomic E-state index is 6.61. The summed E-state index contributed by atoms with van der Waals surface area (Å²) in [5, 5.41) is 4.54. The van der Waals surface area contributed by atoms with E-state index in [1.54, 1.807) is 0 Å². The second-order valence-electron chi connectivity index (χ2n) is 12.8. The van der Waals surface area contributed by atoms with Crippen LogP contribution in [0.3, 0.4) is 0 Å². The maximum atomic E-state index is 6.61. The third-order valence-electron chi connectivity index (χ3n) is 9.68. The topological polar surface area (TPSA) is 42.4 Å². The highest BCUT2D eigenvalue weighted by Gasteiger charge is 2.19. The summed E-state index contributed by atoms with van der Waals surface area (Å²) >= 11 is 0. The molecule has 10 aromatic rings. The van der Waals surface area contributed by atoms with Crippen molar-refractivity contribution in [3.05, 3.63) is 182 Å². The molecular formula is C47H30N2O2. The number of hydrogen-bond donors (Lipinski definition) is 0. The molecule has 8 aromatic carbocycles. The smallest absolute Gasteiger partial charge is 0.227 e. The number of rotatable bonds is 6. The number of nitrogens with zero attached hydrogens (tertiary/aromatic N) is 2. The van der Waals surface area contributed by atoms with Gasteiger partial charge in [0.1, 0.15) is 16.7 Å². The van der Waals surface area contributed by atoms with E-state index in [0.29, 0.717) is 5.89 Å². The minimum Gasteiger partial charge on any atom is -0.456 e. The van der Waals surface area contributed by atoms with Crippen LogP contribution < -0.4 is 4.90 Å². The van der Waals surface area contributed by atoms with E-state index in [9.17, 15) is 0 Å². The lowest BCUT2D eigenvalue weighted by atomic mass is 9.99. The van der Waals surface area contributed by atoms with E-state index in [-0.39, 0.29) is 0 Å². The average molecular weight is 655 g/mol. The highest BCUT2D eigenvalue weighted by molar-refractivity contribution is 6.13. The molecule has 0 aliphatic rings. The molecule has 0 saturated heterocycles. The molecule has 4 heteroatoms. The average Bonchev–Trinajstić information content (AvgIpc) is 3.80. The lowest BCUT2D eigenvalue weighted by molar-refractivity contribution is 0.620. The van der Waals surface area contributed by atoms with Crippen molar-refractivity contribution in [1.82, 2.24) is 4.98 Å². The van der Waals surface area contributed by atoms with E-state index in [4.69, 9.17) is 13.8 Å². The fraction of sp³-hybridized carbons (Fsp3) is 0. The molecule has 0 aliphatic carbocycles. The van der Waals surface area contributed by atoms with E-state index < -0.39 is 0 Å². The van der Waals surface area contributed by atoms with E-state index in [2.05, 4.69) is 138 Å². The van der Waals surface area contributed by atoms with E-state index in [1.165, 1.54) is 21.9 Å². The number of furan rings is 1. The van der Waals surface area contributed by atoms with Crippen LogP contribution in [0.2, 0.25) is 0 Å². The molecule has 0 bridgehead atoms. The van der Waals surface area contributed by atoms with Crippen LogP contribution in [-0.4, -0.2) is 4.98 Å². The predicted molar refractivity (Wildman–Crippen MR) is 210 cm³/mol. The van der Waals surface area contributed by atoms with Crippen LogP contribution in [0, 0.1) is 0 Å². The van der Waals surface area contributed by atoms with Crippen LogP contribution >= 0.6 is 0 Å². The van der Waals surface area contributed by atoms with Gasteiger partial charge in [-0.2, -0.15) is 0 Å². The van der Waals surface area contributed by atoms with Crippen molar-refractivity contribution in [2.24, 2.45) is 0 Å². The lowest BCUT2D eigenvalue weighted by Crippen LogP contribution is -2.09. The Bertz CT molecular complexity index is 2850. The monoisotopic (exact) mass is 654 g/mol. The van der Waals surface area contributed by atoms with Crippen molar-refractivity contribution in [2.75, 3.05) is 4.90 Å². The van der Waals surface area contributed by atoms with Crippen molar-refractivity contribution >= 4 is 60.9 Å². The molecular weight excluding hydrogens is 625 g/mol. The summed E-state index contributed by atoms with van der Waals surface area (Å²) in [5.41, 5.74) is 11.9. The first-order valence-corrected chi connectivity index (χ1v) is 17.1. The first kappa shape index (κ1) is 29.0. The molecule has 51 heavy (non-hydrogen) atoms. The van der Waals surface area contributed by atoms with Gasteiger partial charge in [-0.25, -0.2) is 4.98 Å². The normalized spacial score (nSPS) is 11.5. The maximum Gasteiger partial charge on any atom is 0.227 e. The number of anilines is 3. The van der Waals surface area contributed by atoms with Crippen molar-refractivity contribution in [2.45, 2.75) is 0 Å². The molecule has 0 aliphatic heterocycles. The summed E-state index contributed by atoms with van der Waals surface area (Å²) in [6.45, 7) is 0. The van der Waals surface area contributed by atoms with Crippen LogP contribution in [0.5, 0.6) is 0 Å². The number of benzene rings is 8. The van der Waals surface area contributed by atoms with Gasteiger partial charge < -0.3 is 13.7 Å². The molecule has 0 radical (unpaired) electrons. The highest BCUT2D eigenvalue weighted by atomic mass is 16.3. The Labute approximate surface area is 294 Å². The molecule has 0 amide bonds. The van der Waals surface area contributed by atoms with Crippen LogP contribution in [0.1, 0.15) is 0 Å². The van der Waals surface area contributed by atoms with E-state index in [1.807, 2.05) is 48.5 Å². The lowest BCUT2D eigenvalue weighted by Gasteiger charge is -2.26. The minimum atomic E-state index is 0.618. The quantitative estimate of drug-likeness (QED) is 0.179. The molecule has 0 atom stereocenters. The van der Waals surface area contributed by atoms with Gasteiger partial charge >= 0.3 is 0 Å². The van der Waals surface area contributed by atoms with Gasteiger partial charge in [-0.3, -0.25) is 0 Å². The Balaban J connectivity index is 1.09. The highest BCUT2D eigenvalue weighted by Crippen LogP contribution is 2.42. The van der Waals surface area contributed by atoms with Gasteiger partial charge in [0, 0.05) is 39.5 Å². The molecule has 0 N–H and O–H groups in total. The van der Waals surface area contributed by atoms with Gasteiger partial charge in [-0.15, -0.1) is 0 Å². The Kier molecular flexibility index (Phi) is 6.78. The predicted octanol–water partition coefficient (Wildman–Crippen LogP) is 13.4. The summed E-state index contributed by atoms with van der Waals surface area (Å²) < 4.78 is 12.7. The molecule has 0 fully saturated rings. The zero-order valence-corrected chi connectivity index (χ0v) is 27.5. The van der Waals surface area contributed by atoms with Gasteiger partial charge in [0.2, 0.25) is 5.89 Å². The Morgan fingerprint density at radius 1 is 0.392 bits per heavy atom. The molecule has 2 heterocycles. The van der Waals surface area contributed by atoms with Gasteiger partial charge in [0.05, 0.1) is 0 Å². The summed E-state index contributed by atoms with van der Waals surface area (Å²) in [4.78, 5) is 7.14. The Morgan fingerprint density at radius 3 is 1.88 bits per heavy atom. The Morgan fingerprint density at radius 2 is 1.06 bits per heavy atom. The van der Waals surface area contributed by atoms with Crippen molar-refractivity contribution in [1.29, 1.82) is 0 Å². The molecule has 10 rings (SSSR count). The fourth-order valence-corrected chi connectivity index (χ4v) is 7.19. The van der Waals surface area contributed by atoms with E-state index >= 15 is 0 Å². The van der Waals surface area contributed by atoms with Crippen LogP contribution in [0.15, 0.2) is 191 Å². The second-order valence-corrected chi connectivity index (χ2v) is 12.8. The molecule has 0 saturated carbocycles. The first-order chi connectivity index (χ1) is 25.2. The number of oxazole rings is 1. The summed E-state index contributed by atoms with van der Waals surface area (Å²) in [5.74, 6) is 0.618. The zero-order chi connectivity index (χ0) is 33.7. The largest absolute Gasteiger partial charge is 0.456 e. The SMILES string of the molecule is c1ccc(-c2ccc(N(c3ccc4ccccc4c3)c3ccc4c(c3)oc3cccc(-c5ccc6oc(-c7ccccc7)nc6c5)c34)cc2)cc1. The second kappa shape index (κ2) is 11.9. The minimum absolute atomic E-state index is 0.618. The summed E-state index contributed by atoms with van der Waals surface area (Å²) in [6.07, 6.45) is 0. The zero-order valence-electron chi connectivity index (χ0n) is 27.5. The van der Waals surface area contributed by atoms with E-state index in [0.717, 1.165) is 66.8 Å². The van der Waals surface area contributed by atoms with Crippen LogP contribution in [0.4, 0.5) is 17.1 Å². The number of fused-ring (bicyclic) bond motifs is 5. The van der Waals surface area contributed by atoms with Crippen molar-refractivity contribution in [3.8, 4) is 33.7 Å². The molecule has 4 nitrogen and oxygen atoms in total. The molecule has 0 unspecified atom stereocenters. The van der Waals surface area contributed by atoms with Crippen LogP contribution in [-0.2, 0) is 0 Å².